The van der Waals surface area contributed by atoms with E-state index in [1.54, 1.807) is 0 Å². The fourth-order valence-electron chi connectivity index (χ4n) is 9.63. The maximum absolute atomic E-state index is 14.1. The van der Waals surface area contributed by atoms with Crippen molar-refractivity contribution in [3.8, 4) is 0 Å². The number of aromatic amines is 1. The minimum Gasteiger partial charge on any atom is -0.370 e. The number of aromatic nitrogens is 1. The van der Waals surface area contributed by atoms with E-state index < -0.39 is 46.7 Å². The van der Waals surface area contributed by atoms with E-state index in [0.29, 0.717) is 77.8 Å². The molecule has 0 radical (unpaired) electrons. The number of carbonyl (C=O) groups excluding carboxylic acids is 7. The van der Waals surface area contributed by atoms with Crippen LogP contribution in [-0.2, 0) is 52.9 Å². The highest BCUT2D eigenvalue weighted by Crippen LogP contribution is 2.24. The van der Waals surface area contributed by atoms with E-state index >= 15 is 0 Å². The summed E-state index contributed by atoms with van der Waals surface area (Å²) in [5, 5.41) is 31.2. The molecule has 14 N–H and O–H groups in total. The van der Waals surface area contributed by atoms with E-state index in [4.69, 9.17) is 11.5 Å². The third-order valence-corrected chi connectivity index (χ3v) is 14.2. The van der Waals surface area contributed by atoms with Gasteiger partial charge in [-0.05, 0) is 61.3 Å². The first-order valence-corrected chi connectivity index (χ1v) is 26.4. The van der Waals surface area contributed by atoms with Gasteiger partial charge in [-0.3, -0.25) is 28.8 Å². The van der Waals surface area contributed by atoms with Crippen molar-refractivity contribution in [1.29, 1.82) is 0 Å². The van der Waals surface area contributed by atoms with E-state index in [1.807, 2.05) is 68.6 Å². The lowest BCUT2D eigenvalue weighted by Gasteiger charge is -2.37. The molecule has 4 heterocycles. The van der Waals surface area contributed by atoms with E-state index in [0.717, 1.165) is 66.9 Å². The van der Waals surface area contributed by atoms with E-state index in [9.17, 15) is 33.6 Å². The maximum atomic E-state index is 14.1. The summed E-state index contributed by atoms with van der Waals surface area (Å²) < 4.78 is 0. The Morgan fingerprint density at radius 3 is 1.88 bits per heavy atom. The molecule has 19 nitrogen and oxygen atoms in total. The van der Waals surface area contributed by atoms with Crippen molar-refractivity contribution in [2.45, 2.75) is 115 Å². The molecule has 73 heavy (non-hydrogen) atoms. The Balaban J connectivity index is 1.09. The van der Waals surface area contributed by atoms with Crippen LogP contribution < -0.4 is 59.3 Å². The third kappa shape index (κ3) is 20.1. The van der Waals surface area contributed by atoms with Gasteiger partial charge in [-0.1, -0.05) is 62.7 Å². The number of amides is 4. The second-order valence-corrected chi connectivity index (χ2v) is 20.6. The topological polar surface area (TPSA) is 296 Å². The van der Waals surface area contributed by atoms with Crippen molar-refractivity contribution in [3.05, 3.63) is 71.4 Å². The maximum Gasteiger partial charge on any atom is 0.224 e. The van der Waals surface area contributed by atoms with Crippen LogP contribution >= 0.6 is 0 Å². The summed E-state index contributed by atoms with van der Waals surface area (Å²) in [7, 11) is 0. The molecule has 4 amide bonds. The molecule has 2 bridgehead atoms. The van der Waals surface area contributed by atoms with Crippen molar-refractivity contribution in [1.82, 2.24) is 52.8 Å². The third-order valence-electron chi connectivity index (χ3n) is 14.2. The molecule has 0 aliphatic carbocycles. The first-order chi connectivity index (χ1) is 35.1. The van der Waals surface area contributed by atoms with Gasteiger partial charge in [-0.15, -0.1) is 0 Å². The van der Waals surface area contributed by atoms with Crippen molar-refractivity contribution >= 4 is 51.9 Å². The SMILES string of the molecule is CCC(C)[C@H](NC(=O)[C@@H](CC(C)=O)Cc1c[nH]c2ccccc12)C(=O)C[C@@H](CCC(N)=O)C(=O)NCc1ccc(CCC(=O)CCCC(=O)NC23CNCCNCC(N)(CNCCNC2)CNCCNC3)cc1. The van der Waals surface area contributed by atoms with Crippen LogP contribution in [0.2, 0.25) is 0 Å². The zero-order valence-electron chi connectivity index (χ0n) is 43.5. The molecule has 1 aromatic heterocycles. The van der Waals surface area contributed by atoms with Crippen molar-refractivity contribution in [3.63, 3.8) is 0 Å². The summed E-state index contributed by atoms with van der Waals surface area (Å²) in [6.07, 6.45) is 4.27. The predicted molar refractivity (Wildman–Crippen MR) is 284 cm³/mol. The zero-order valence-corrected chi connectivity index (χ0v) is 43.5. The molecule has 3 aliphatic rings. The van der Waals surface area contributed by atoms with Crippen LogP contribution in [0, 0.1) is 17.8 Å². The van der Waals surface area contributed by atoms with Crippen LogP contribution in [0.4, 0.5) is 0 Å². The van der Waals surface area contributed by atoms with Crippen LogP contribution in [0.1, 0.15) is 95.2 Å². The van der Waals surface area contributed by atoms with Gasteiger partial charge in [0, 0.05) is 153 Å². The van der Waals surface area contributed by atoms with Gasteiger partial charge in [-0.25, -0.2) is 0 Å². The van der Waals surface area contributed by atoms with Crippen LogP contribution in [-0.4, -0.2) is 142 Å². The summed E-state index contributed by atoms with van der Waals surface area (Å²) in [6, 6.07) is 14.4. The molecule has 3 aromatic rings. The fourth-order valence-corrected chi connectivity index (χ4v) is 9.63. The van der Waals surface area contributed by atoms with Crippen LogP contribution in [0.15, 0.2) is 54.7 Å². The molecule has 3 fully saturated rings. The Morgan fingerprint density at radius 1 is 0.699 bits per heavy atom. The molecule has 0 spiro atoms. The smallest absolute Gasteiger partial charge is 0.224 e. The molecule has 0 saturated carbocycles. The first-order valence-electron chi connectivity index (χ1n) is 26.4. The molecule has 19 heteroatoms. The second kappa shape index (κ2) is 30.1. The Labute approximate surface area is 431 Å². The number of fused-ring (bicyclic) bond motifs is 16. The molecule has 2 aromatic carbocycles. The first kappa shape index (κ1) is 58.5. The highest BCUT2D eigenvalue weighted by atomic mass is 16.2. The average molecular weight is 1010 g/mol. The molecular weight excluding hydrogens is 929 g/mol. The molecule has 1 unspecified atom stereocenters. The number of ketones is 3. The minimum absolute atomic E-state index is 0.000932. The number of aryl methyl sites for hydroxylation is 1. The van der Waals surface area contributed by atoms with Gasteiger partial charge in [0.25, 0.3) is 0 Å². The fraction of sp³-hybridized carbons (Fsp3) is 0.611. The average Bonchev–Trinajstić information content (AvgIpc) is 3.77. The van der Waals surface area contributed by atoms with Gasteiger partial charge in [0.2, 0.25) is 23.6 Å². The number of nitrogens with two attached hydrogens (primary N) is 2. The summed E-state index contributed by atoms with van der Waals surface area (Å²) in [6.45, 7) is 13.5. The number of H-pyrrole nitrogens is 1. The number of carbonyl (C=O) groups is 7. The molecule has 402 valence electrons. The Bertz CT molecular complexity index is 2220. The number of rotatable bonds is 25. The van der Waals surface area contributed by atoms with Crippen LogP contribution in [0.3, 0.4) is 0 Å². The lowest BCUT2D eigenvalue weighted by Crippen LogP contribution is -2.67. The van der Waals surface area contributed by atoms with E-state index in [-0.39, 0.29) is 67.8 Å². The van der Waals surface area contributed by atoms with Gasteiger partial charge in [0.15, 0.2) is 5.78 Å². The van der Waals surface area contributed by atoms with Crippen LogP contribution in [0.5, 0.6) is 0 Å². The molecular formula is C54H84N12O7. The van der Waals surface area contributed by atoms with Gasteiger partial charge in [0.05, 0.1) is 17.1 Å². The highest BCUT2D eigenvalue weighted by Gasteiger charge is 2.34. The standard InChI is InChI=1S/C54H84N12O7/c1-4-37(2)50(65-52(73)42(26-38(3)67)27-43-30-63-46-10-6-5-9-45(43)46)47(69)28-41(17-19-48(55)70)51(72)64-29-40-14-12-39(13-15-40)16-18-44(68)8-7-11-49(71)66-54-34-60-23-20-57-31-53(56,32-58-21-24-61-35-54)33-59-22-25-62-36-54/h5-6,9-10,12-15,30,37,41-42,50,57-63H,4,7-8,11,16-29,31-36,56H2,1-3H3,(H2,55,70)(H,64,72)(H,65,73)(H,66,71)/t37?,41-,42+,50+,53?,54?/m1/s1. The Morgan fingerprint density at radius 2 is 1.29 bits per heavy atom. The summed E-state index contributed by atoms with van der Waals surface area (Å²) >= 11 is 0. The minimum atomic E-state index is -0.917. The van der Waals surface area contributed by atoms with Gasteiger partial charge in [-0.2, -0.15) is 0 Å². The predicted octanol–water partition coefficient (Wildman–Crippen LogP) is 0.783. The largest absolute Gasteiger partial charge is 0.370 e. The number of nitrogens with one attached hydrogen (secondary N) is 10. The molecule has 3 aliphatic heterocycles. The lowest BCUT2D eigenvalue weighted by atomic mass is 9.86. The van der Waals surface area contributed by atoms with Gasteiger partial charge < -0.3 is 69.1 Å². The Kier molecular flexibility index (Phi) is 24.1. The summed E-state index contributed by atoms with van der Waals surface area (Å²) in [5.74, 6) is -3.80. The zero-order chi connectivity index (χ0) is 52.6. The van der Waals surface area contributed by atoms with Gasteiger partial charge in [0.1, 0.15) is 11.6 Å². The highest BCUT2D eigenvalue weighted by molar-refractivity contribution is 5.94. The van der Waals surface area contributed by atoms with Crippen LogP contribution in [0.25, 0.3) is 10.9 Å². The summed E-state index contributed by atoms with van der Waals surface area (Å²) in [5.41, 5.74) is 14.8. The van der Waals surface area contributed by atoms with Crippen molar-refractivity contribution in [2.75, 3.05) is 78.5 Å². The number of hydrogen-bond donors (Lipinski definition) is 12. The number of hydrogen-bond acceptors (Lipinski definition) is 14. The number of primary amides is 1. The normalized spacial score (nSPS) is 20.9. The molecule has 3 saturated heterocycles. The number of benzene rings is 2. The van der Waals surface area contributed by atoms with Gasteiger partial charge >= 0.3 is 0 Å². The quantitative estimate of drug-likeness (QED) is 0.0559. The summed E-state index contributed by atoms with van der Waals surface area (Å²) in [4.78, 5) is 95.5. The molecule has 6 rings (SSSR count). The molecule has 4 atom stereocenters. The number of para-hydroxylation sites is 1. The number of Topliss-reactive ketones (excluding diaryl/α,β-unsaturated/α-hetero) is 3. The Hall–Kier alpha value is -5.41. The second-order valence-electron chi connectivity index (χ2n) is 20.6. The van der Waals surface area contributed by atoms with E-state index in [2.05, 4.69) is 52.8 Å². The van der Waals surface area contributed by atoms with Crippen molar-refractivity contribution < 1.29 is 33.6 Å². The van der Waals surface area contributed by atoms with Crippen molar-refractivity contribution in [2.24, 2.45) is 29.2 Å². The van der Waals surface area contributed by atoms with E-state index in [1.165, 1.54) is 6.92 Å². The lowest BCUT2D eigenvalue weighted by molar-refractivity contribution is -0.135. The monoisotopic (exact) mass is 1010 g/mol.